The molecule has 210 valence electrons. The maximum absolute atomic E-state index is 13.8. The molecule has 11 nitrogen and oxygen atoms in total. The van der Waals surface area contributed by atoms with Gasteiger partial charge in [-0.25, -0.2) is 23.5 Å². The van der Waals surface area contributed by atoms with Crippen molar-refractivity contribution in [3.05, 3.63) is 74.2 Å². The number of alkyl halides is 3. The highest BCUT2D eigenvalue weighted by Crippen LogP contribution is 2.22. The van der Waals surface area contributed by atoms with Gasteiger partial charge in [0.1, 0.15) is 42.3 Å². The Morgan fingerprint density at radius 2 is 1.79 bits per heavy atom. The summed E-state index contributed by atoms with van der Waals surface area (Å²) in [6.07, 6.45) is -3.66. The molecule has 0 atom stereocenters. The van der Waals surface area contributed by atoms with Gasteiger partial charge in [-0.15, -0.1) is 0 Å². The number of hydrogen-bond acceptors (Lipinski definition) is 8. The van der Waals surface area contributed by atoms with Crippen molar-refractivity contribution in [3.63, 3.8) is 0 Å². The zero-order valence-corrected chi connectivity index (χ0v) is 20.8. The predicted molar refractivity (Wildman–Crippen MR) is 124 cm³/mol. The van der Waals surface area contributed by atoms with E-state index in [1.165, 1.54) is 23.8 Å². The quantitative estimate of drug-likeness (QED) is 0.358. The summed E-state index contributed by atoms with van der Waals surface area (Å²) in [5, 5.41) is 18.2. The van der Waals surface area contributed by atoms with Crippen LogP contribution in [0, 0.1) is 25.5 Å². The Kier molecular flexibility index (Phi) is 10.4. The van der Waals surface area contributed by atoms with Crippen LogP contribution < -0.4 is 15.6 Å². The minimum absolute atomic E-state index is 0.0622. The highest BCUT2D eigenvalue weighted by atomic mass is 35.5. The number of benzene rings is 1. The van der Waals surface area contributed by atoms with Crippen molar-refractivity contribution in [1.29, 1.82) is 0 Å². The van der Waals surface area contributed by atoms with Crippen LogP contribution in [-0.2, 0) is 22.7 Å². The molecule has 0 unspecified atom stereocenters. The van der Waals surface area contributed by atoms with Crippen LogP contribution in [0.3, 0.4) is 0 Å². The number of aliphatic carboxylic acids is 1. The Bertz CT molecular complexity index is 1430. The van der Waals surface area contributed by atoms with Gasteiger partial charge in [-0.3, -0.25) is 14.2 Å². The van der Waals surface area contributed by atoms with E-state index in [9.17, 15) is 31.5 Å². The minimum Gasteiger partial charge on any atom is -0.475 e. The summed E-state index contributed by atoms with van der Waals surface area (Å²) in [5.74, 6) is -4.45. The van der Waals surface area contributed by atoms with Crippen LogP contribution in [0.4, 0.5) is 27.8 Å². The molecule has 3 N–H and O–H groups in total. The summed E-state index contributed by atoms with van der Waals surface area (Å²) in [4.78, 5) is 45.6. The topological polar surface area (TPSA) is 157 Å². The molecule has 17 heteroatoms. The number of aromatic nitrogens is 4. The first-order chi connectivity index (χ1) is 18.1. The van der Waals surface area contributed by atoms with E-state index in [2.05, 4.69) is 20.3 Å². The number of nitrogens with zero attached hydrogens (tertiary/aromatic N) is 4. The fraction of sp³-hybridized carbons (Fsp3) is 0.273. The number of carbonyl (C=O) groups excluding carboxylic acids is 1. The number of rotatable bonds is 7. The second-order valence-electron chi connectivity index (χ2n) is 7.49. The molecule has 0 aliphatic heterocycles. The number of nitrogens with one attached hydrogen (secondary N) is 1. The lowest BCUT2D eigenvalue weighted by molar-refractivity contribution is -0.192. The van der Waals surface area contributed by atoms with Crippen LogP contribution in [0.1, 0.15) is 22.8 Å². The fourth-order valence-electron chi connectivity index (χ4n) is 2.74. The molecular weight excluding hydrogens is 561 g/mol. The molecule has 39 heavy (non-hydrogen) atoms. The maximum Gasteiger partial charge on any atom is 0.490 e. The van der Waals surface area contributed by atoms with Crippen molar-refractivity contribution in [2.24, 2.45) is 0 Å². The van der Waals surface area contributed by atoms with Crippen molar-refractivity contribution in [2.45, 2.75) is 33.2 Å². The molecule has 0 saturated carbocycles. The third-order valence-corrected chi connectivity index (χ3v) is 4.93. The van der Waals surface area contributed by atoms with Gasteiger partial charge in [0.25, 0.3) is 11.5 Å². The van der Waals surface area contributed by atoms with Crippen LogP contribution in [0.15, 0.2) is 29.2 Å². The van der Waals surface area contributed by atoms with E-state index in [0.717, 1.165) is 6.07 Å². The molecule has 1 amide bonds. The van der Waals surface area contributed by atoms with E-state index < -0.39 is 41.9 Å². The van der Waals surface area contributed by atoms with Crippen LogP contribution in [-0.4, -0.2) is 54.4 Å². The summed E-state index contributed by atoms with van der Waals surface area (Å²) in [7, 11) is 0. The zero-order chi connectivity index (χ0) is 29.5. The molecular formula is C22H19ClF5N5O6. The second-order valence-corrected chi connectivity index (χ2v) is 7.87. The molecule has 2 aromatic heterocycles. The Hall–Kier alpha value is -4.18. The number of carboxylic acid groups (broad SMARTS) is 1. The SMILES string of the molecule is Cc1ncc(Cn2c(C)nc(OCc3ccc(F)cc3F)c(Cl)c2=O)c(NC(=O)CO)n1.O=C(O)C(F)(F)F. The van der Waals surface area contributed by atoms with E-state index in [0.29, 0.717) is 17.5 Å². The average Bonchev–Trinajstić information content (AvgIpc) is 2.85. The van der Waals surface area contributed by atoms with E-state index in [-0.39, 0.29) is 41.3 Å². The fourth-order valence-corrected chi connectivity index (χ4v) is 2.94. The number of hydrogen-bond donors (Lipinski definition) is 3. The smallest absolute Gasteiger partial charge is 0.475 e. The first-order valence-electron chi connectivity index (χ1n) is 10.5. The number of halogens is 6. The maximum atomic E-state index is 13.8. The summed E-state index contributed by atoms with van der Waals surface area (Å²) < 4.78 is 65.2. The van der Waals surface area contributed by atoms with Crippen molar-refractivity contribution in [3.8, 4) is 5.88 Å². The number of anilines is 1. The van der Waals surface area contributed by atoms with Gasteiger partial charge in [0.05, 0.1) is 6.54 Å². The summed E-state index contributed by atoms with van der Waals surface area (Å²) >= 11 is 6.13. The zero-order valence-electron chi connectivity index (χ0n) is 20.0. The molecule has 3 aromatic rings. The van der Waals surface area contributed by atoms with E-state index in [1.54, 1.807) is 6.92 Å². The first kappa shape index (κ1) is 31.0. The molecule has 0 saturated heterocycles. The van der Waals surface area contributed by atoms with Gasteiger partial charge in [-0.1, -0.05) is 11.6 Å². The largest absolute Gasteiger partial charge is 0.490 e. The highest BCUT2D eigenvalue weighted by molar-refractivity contribution is 6.31. The molecule has 1 aromatic carbocycles. The Balaban J connectivity index is 0.000000673. The van der Waals surface area contributed by atoms with Gasteiger partial charge in [-0.05, 0) is 26.0 Å². The standard InChI is InChI=1S/C20H18ClF2N5O4.C2HF3O2/c1-10-24-6-13(18(25-10)27-16(30)8-29)7-28-11(2)26-19(17(21)20(28)31)32-9-12-3-4-14(22)5-15(12)23;3-2(4,5)1(6)7/h3-6,29H,7-9H2,1-2H3,(H,24,25,27,30);(H,6,7). The van der Waals surface area contributed by atoms with Crippen molar-refractivity contribution < 1.29 is 46.5 Å². The molecule has 0 bridgehead atoms. The Labute approximate surface area is 220 Å². The summed E-state index contributed by atoms with van der Waals surface area (Å²) in [5.41, 5.74) is -0.205. The number of amides is 1. The number of carbonyl (C=O) groups is 2. The number of carboxylic acids is 1. The number of aliphatic hydroxyl groups excluding tert-OH is 1. The normalized spacial score (nSPS) is 10.9. The Morgan fingerprint density at radius 1 is 1.15 bits per heavy atom. The molecule has 0 aliphatic carbocycles. The molecule has 0 fully saturated rings. The van der Waals surface area contributed by atoms with Crippen LogP contribution in [0.5, 0.6) is 5.88 Å². The van der Waals surface area contributed by atoms with Crippen molar-refractivity contribution >= 4 is 29.3 Å². The minimum atomic E-state index is -5.08. The lowest BCUT2D eigenvalue weighted by Crippen LogP contribution is -2.27. The second kappa shape index (κ2) is 13.1. The Morgan fingerprint density at radius 3 is 2.36 bits per heavy atom. The molecule has 2 heterocycles. The monoisotopic (exact) mass is 579 g/mol. The van der Waals surface area contributed by atoms with Crippen molar-refractivity contribution in [2.75, 3.05) is 11.9 Å². The number of ether oxygens (including phenoxy) is 1. The average molecular weight is 580 g/mol. The third kappa shape index (κ3) is 8.68. The third-order valence-electron chi connectivity index (χ3n) is 4.61. The molecule has 0 spiro atoms. The van der Waals surface area contributed by atoms with E-state index in [4.69, 9.17) is 31.3 Å². The molecule has 0 aliphatic rings. The molecule has 0 radical (unpaired) electrons. The lowest BCUT2D eigenvalue weighted by atomic mass is 10.2. The molecule has 3 rings (SSSR count). The van der Waals surface area contributed by atoms with Gasteiger partial charge in [0, 0.05) is 23.4 Å². The summed E-state index contributed by atoms with van der Waals surface area (Å²) in [6, 6.07) is 3.01. The number of aliphatic hydroxyl groups is 1. The van der Waals surface area contributed by atoms with Crippen LogP contribution >= 0.6 is 11.6 Å². The van der Waals surface area contributed by atoms with E-state index >= 15 is 0 Å². The van der Waals surface area contributed by atoms with E-state index in [1.807, 2.05) is 0 Å². The summed E-state index contributed by atoms with van der Waals surface area (Å²) in [6.45, 7) is 2.01. The predicted octanol–water partition coefficient (Wildman–Crippen LogP) is 2.77. The first-order valence-corrected chi connectivity index (χ1v) is 10.9. The van der Waals surface area contributed by atoms with Crippen molar-refractivity contribution in [1.82, 2.24) is 19.5 Å². The van der Waals surface area contributed by atoms with Crippen LogP contribution in [0.2, 0.25) is 5.02 Å². The van der Waals surface area contributed by atoms with Gasteiger partial charge < -0.3 is 20.3 Å². The van der Waals surface area contributed by atoms with Crippen LogP contribution in [0.25, 0.3) is 0 Å². The highest BCUT2D eigenvalue weighted by Gasteiger charge is 2.38. The van der Waals surface area contributed by atoms with Gasteiger partial charge >= 0.3 is 12.1 Å². The lowest BCUT2D eigenvalue weighted by Gasteiger charge is -2.15. The van der Waals surface area contributed by atoms with Gasteiger partial charge in [0.2, 0.25) is 5.88 Å². The van der Waals surface area contributed by atoms with Gasteiger partial charge in [0.15, 0.2) is 5.02 Å². The number of aryl methyl sites for hydroxylation is 2. The van der Waals surface area contributed by atoms with Gasteiger partial charge in [-0.2, -0.15) is 18.2 Å².